The van der Waals surface area contributed by atoms with Gasteiger partial charge in [-0.05, 0) is 50.9 Å². The number of hydrogen-bond donors (Lipinski definition) is 0. The number of para-hydroxylation sites is 1. The van der Waals surface area contributed by atoms with E-state index in [1.807, 2.05) is 25.1 Å². The van der Waals surface area contributed by atoms with Crippen LogP contribution in [0.4, 0.5) is 0 Å². The van der Waals surface area contributed by atoms with Crippen molar-refractivity contribution in [3.05, 3.63) is 49.0 Å². The molecule has 2 rings (SSSR count). The molecule has 5 heteroatoms. The molecule has 1 aromatic heterocycles. The third kappa shape index (κ3) is 3.18. The molecule has 0 aliphatic rings. The summed E-state index contributed by atoms with van der Waals surface area (Å²) >= 11 is 12.5. The van der Waals surface area contributed by atoms with Gasteiger partial charge in [0.15, 0.2) is 0 Å². The van der Waals surface area contributed by atoms with Gasteiger partial charge in [0.2, 0.25) is 0 Å². The van der Waals surface area contributed by atoms with Crippen molar-refractivity contribution < 1.29 is 4.74 Å². The molecular formula is C13H11Br3OS. The van der Waals surface area contributed by atoms with Crippen LogP contribution in [0.3, 0.4) is 0 Å². The second-order valence-electron chi connectivity index (χ2n) is 3.60. The Labute approximate surface area is 136 Å². The van der Waals surface area contributed by atoms with Crippen molar-refractivity contribution in [2.45, 2.75) is 11.8 Å². The molecule has 0 spiro atoms. The van der Waals surface area contributed by atoms with E-state index in [-0.39, 0.29) is 4.83 Å². The second kappa shape index (κ2) is 6.55. The lowest BCUT2D eigenvalue weighted by atomic mass is 10.1. The SMILES string of the molecule is CCOc1ccccc1C(Br)c1cc(Br)c(Br)s1. The number of benzene rings is 1. The summed E-state index contributed by atoms with van der Waals surface area (Å²) in [5.74, 6) is 0.933. The van der Waals surface area contributed by atoms with Crippen LogP contribution in [0, 0.1) is 0 Å². The maximum absolute atomic E-state index is 5.67. The van der Waals surface area contributed by atoms with E-state index in [0.717, 1.165) is 19.6 Å². The molecule has 96 valence electrons. The quantitative estimate of drug-likeness (QED) is 0.503. The predicted octanol–water partition coefficient (Wildman–Crippen LogP) is 6.16. The van der Waals surface area contributed by atoms with E-state index in [0.29, 0.717) is 6.61 Å². The summed E-state index contributed by atoms with van der Waals surface area (Å²) < 4.78 is 7.86. The third-order valence-corrected chi connectivity index (χ3v) is 7.02. The molecule has 0 N–H and O–H groups in total. The predicted molar refractivity (Wildman–Crippen MR) is 88.1 cm³/mol. The molecule has 0 aliphatic carbocycles. The number of hydrogen-bond acceptors (Lipinski definition) is 2. The monoisotopic (exact) mass is 452 g/mol. The van der Waals surface area contributed by atoms with Gasteiger partial charge in [0.1, 0.15) is 5.75 Å². The smallest absolute Gasteiger partial charge is 0.123 e. The fraction of sp³-hybridized carbons (Fsp3) is 0.231. The van der Waals surface area contributed by atoms with E-state index in [9.17, 15) is 0 Å². The number of halogens is 3. The summed E-state index contributed by atoms with van der Waals surface area (Å²) in [6, 6.07) is 10.2. The largest absolute Gasteiger partial charge is 0.494 e. The van der Waals surface area contributed by atoms with Crippen LogP contribution >= 0.6 is 59.1 Å². The van der Waals surface area contributed by atoms with Gasteiger partial charge in [0.05, 0.1) is 15.2 Å². The molecule has 0 amide bonds. The average Bonchev–Trinajstić information content (AvgIpc) is 2.70. The van der Waals surface area contributed by atoms with Crippen LogP contribution < -0.4 is 4.74 Å². The van der Waals surface area contributed by atoms with E-state index < -0.39 is 0 Å². The first kappa shape index (κ1) is 14.6. The Morgan fingerprint density at radius 3 is 2.61 bits per heavy atom. The molecule has 0 radical (unpaired) electrons. The van der Waals surface area contributed by atoms with E-state index in [1.54, 1.807) is 11.3 Å². The molecule has 1 unspecified atom stereocenters. The van der Waals surface area contributed by atoms with Gasteiger partial charge in [-0.3, -0.25) is 0 Å². The topological polar surface area (TPSA) is 9.23 Å². The van der Waals surface area contributed by atoms with Gasteiger partial charge in [0.25, 0.3) is 0 Å². The summed E-state index contributed by atoms with van der Waals surface area (Å²) in [6.07, 6.45) is 0. The summed E-state index contributed by atoms with van der Waals surface area (Å²) in [7, 11) is 0. The van der Waals surface area contributed by atoms with Gasteiger partial charge >= 0.3 is 0 Å². The Bertz CT molecular complexity index is 519. The van der Waals surface area contributed by atoms with Crippen LogP contribution in [-0.2, 0) is 0 Å². The van der Waals surface area contributed by atoms with Crippen LogP contribution in [0.5, 0.6) is 5.75 Å². The van der Waals surface area contributed by atoms with E-state index in [2.05, 4.69) is 59.9 Å². The molecular weight excluding hydrogens is 444 g/mol. The Morgan fingerprint density at radius 1 is 1.28 bits per heavy atom. The van der Waals surface area contributed by atoms with Crippen LogP contribution in [-0.4, -0.2) is 6.61 Å². The van der Waals surface area contributed by atoms with Gasteiger partial charge < -0.3 is 4.74 Å². The molecule has 0 fully saturated rings. The normalized spacial score (nSPS) is 12.4. The van der Waals surface area contributed by atoms with Gasteiger partial charge in [-0.1, -0.05) is 34.1 Å². The molecule has 1 nitrogen and oxygen atoms in total. The number of ether oxygens (including phenoxy) is 1. The molecule has 0 saturated heterocycles. The number of alkyl halides is 1. The molecule has 0 aliphatic heterocycles. The molecule has 1 aromatic carbocycles. The number of thiophene rings is 1. The van der Waals surface area contributed by atoms with Gasteiger partial charge in [-0.15, -0.1) is 11.3 Å². The van der Waals surface area contributed by atoms with Crippen molar-refractivity contribution >= 4 is 59.1 Å². The van der Waals surface area contributed by atoms with Crippen molar-refractivity contribution in [3.63, 3.8) is 0 Å². The molecule has 1 atom stereocenters. The zero-order chi connectivity index (χ0) is 13.1. The van der Waals surface area contributed by atoms with Crippen molar-refractivity contribution in [2.75, 3.05) is 6.61 Å². The summed E-state index contributed by atoms with van der Waals surface area (Å²) in [5.41, 5.74) is 1.15. The average molecular weight is 455 g/mol. The Kier molecular flexibility index (Phi) is 5.30. The molecule has 0 bridgehead atoms. The maximum Gasteiger partial charge on any atom is 0.123 e. The van der Waals surface area contributed by atoms with Crippen LogP contribution in [0.25, 0.3) is 0 Å². The summed E-state index contributed by atoms with van der Waals surface area (Å²) in [5, 5.41) is 0. The highest BCUT2D eigenvalue weighted by atomic mass is 79.9. The Hall–Kier alpha value is 0.160. The van der Waals surface area contributed by atoms with Crippen LogP contribution in [0.2, 0.25) is 0 Å². The molecule has 1 heterocycles. The maximum atomic E-state index is 5.67. The lowest BCUT2D eigenvalue weighted by Crippen LogP contribution is -1.98. The third-order valence-electron chi connectivity index (χ3n) is 2.41. The Balaban J connectivity index is 2.36. The van der Waals surface area contributed by atoms with Crippen LogP contribution in [0.1, 0.15) is 22.2 Å². The lowest BCUT2D eigenvalue weighted by molar-refractivity contribution is 0.337. The van der Waals surface area contributed by atoms with Gasteiger partial charge in [-0.2, -0.15) is 0 Å². The fourth-order valence-electron chi connectivity index (χ4n) is 1.62. The minimum atomic E-state index is 0.146. The highest BCUT2D eigenvalue weighted by Gasteiger charge is 2.18. The van der Waals surface area contributed by atoms with Gasteiger partial charge in [0, 0.05) is 14.9 Å². The van der Waals surface area contributed by atoms with Crippen molar-refractivity contribution in [1.29, 1.82) is 0 Å². The van der Waals surface area contributed by atoms with E-state index in [1.165, 1.54) is 4.88 Å². The first-order valence-corrected chi connectivity index (χ1v) is 8.75. The number of rotatable bonds is 4. The minimum Gasteiger partial charge on any atom is -0.494 e. The standard InChI is InChI=1S/C13H11Br3OS/c1-2-17-10-6-4-3-5-8(10)12(15)11-7-9(14)13(16)18-11/h3-7,12H,2H2,1H3. The zero-order valence-corrected chi connectivity index (χ0v) is 15.2. The van der Waals surface area contributed by atoms with Crippen LogP contribution in [0.15, 0.2) is 38.6 Å². The first-order valence-electron chi connectivity index (χ1n) is 5.44. The highest BCUT2D eigenvalue weighted by Crippen LogP contribution is 2.43. The van der Waals surface area contributed by atoms with E-state index >= 15 is 0 Å². The van der Waals surface area contributed by atoms with Crippen molar-refractivity contribution in [1.82, 2.24) is 0 Å². The van der Waals surface area contributed by atoms with Crippen molar-refractivity contribution in [3.8, 4) is 5.75 Å². The Morgan fingerprint density at radius 2 is 2.00 bits per heavy atom. The molecule has 18 heavy (non-hydrogen) atoms. The van der Waals surface area contributed by atoms with Gasteiger partial charge in [-0.25, -0.2) is 0 Å². The molecule has 0 saturated carbocycles. The highest BCUT2D eigenvalue weighted by molar-refractivity contribution is 9.13. The minimum absolute atomic E-state index is 0.146. The second-order valence-corrected chi connectivity index (χ2v) is 7.78. The van der Waals surface area contributed by atoms with E-state index in [4.69, 9.17) is 4.74 Å². The van der Waals surface area contributed by atoms with Crippen molar-refractivity contribution in [2.24, 2.45) is 0 Å². The first-order chi connectivity index (χ1) is 8.63. The summed E-state index contributed by atoms with van der Waals surface area (Å²) in [6.45, 7) is 2.67. The fourth-order valence-corrected chi connectivity index (χ4v) is 4.50. The zero-order valence-electron chi connectivity index (χ0n) is 9.62. The summed E-state index contributed by atoms with van der Waals surface area (Å²) in [4.78, 5) is 1.38. The molecule has 2 aromatic rings. The lowest BCUT2D eigenvalue weighted by Gasteiger charge is -2.13.